The van der Waals surface area contributed by atoms with Crippen LogP contribution >= 0.6 is 24.0 Å². The number of benzene rings is 2. The molecule has 0 spiro atoms. The number of nitrogens with zero attached hydrogens (tertiary/aromatic N) is 1. The highest BCUT2D eigenvalue weighted by Gasteiger charge is 2.06. The molecule has 0 aromatic heterocycles. The molecule has 0 radical (unpaired) electrons. The largest absolute Gasteiger partial charge is 0.356 e. The minimum Gasteiger partial charge on any atom is -0.356 e. The van der Waals surface area contributed by atoms with Crippen molar-refractivity contribution in [3.8, 4) is 0 Å². The first-order valence-corrected chi connectivity index (χ1v) is 10.8. The Labute approximate surface area is 183 Å². The van der Waals surface area contributed by atoms with Crippen LogP contribution in [-0.2, 0) is 22.7 Å². The number of halogens is 2. The summed E-state index contributed by atoms with van der Waals surface area (Å²) in [5.41, 5.74) is 2.04. The normalized spacial score (nSPS) is 11.6. The zero-order valence-corrected chi connectivity index (χ0v) is 19.3. The first-order valence-electron chi connectivity index (χ1n) is 8.86. The highest BCUT2D eigenvalue weighted by molar-refractivity contribution is 14.0. The van der Waals surface area contributed by atoms with Gasteiger partial charge in [-0.05, 0) is 54.7 Å². The summed E-state index contributed by atoms with van der Waals surface area (Å²) >= 11 is 0. The van der Waals surface area contributed by atoms with E-state index in [2.05, 4.69) is 15.6 Å². The average molecular weight is 519 g/mol. The molecule has 0 atom stereocenters. The number of aryl methyl sites for hydroxylation is 1. The van der Waals surface area contributed by atoms with Gasteiger partial charge in [0.05, 0.1) is 4.90 Å². The van der Waals surface area contributed by atoms with E-state index in [0.717, 1.165) is 36.9 Å². The quantitative estimate of drug-likeness (QED) is 0.243. The Kier molecular flexibility index (Phi) is 10.4. The maximum absolute atomic E-state index is 13.1. The molecule has 0 fully saturated rings. The summed E-state index contributed by atoms with van der Waals surface area (Å²) in [4.78, 5) is 4.51. The van der Waals surface area contributed by atoms with E-state index in [1.54, 1.807) is 31.3 Å². The third-order valence-corrected chi connectivity index (χ3v) is 5.23. The second-order valence-corrected chi connectivity index (χ2v) is 8.34. The Hall–Kier alpha value is -1.68. The van der Waals surface area contributed by atoms with E-state index in [-0.39, 0.29) is 29.8 Å². The number of hydrogen-bond acceptors (Lipinski definition) is 3. The van der Waals surface area contributed by atoms with Gasteiger partial charge in [0.25, 0.3) is 0 Å². The highest BCUT2D eigenvalue weighted by Crippen LogP contribution is 2.10. The lowest BCUT2D eigenvalue weighted by atomic mass is 10.1. The molecule has 0 bridgehead atoms. The fourth-order valence-electron chi connectivity index (χ4n) is 2.64. The lowest BCUT2D eigenvalue weighted by molar-refractivity contribution is 0.602. The molecule has 2 aromatic carbocycles. The minimum atomic E-state index is -3.16. The SMILES string of the molecule is CN=C(NCCCc1cccc(F)c1)NCCc1ccc(S(C)(=O)=O)cc1.I. The van der Waals surface area contributed by atoms with Crippen molar-refractivity contribution >= 4 is 39.8 Å². The van der Waals surface area contributed by atoms with Crippen molar-refractivity contribution in [3.05, 3.63) is 65.5 Å². The number of sulfone groups is 1. The highest BCUT2D eigenvalue weighted by atomic mass is 127. The van der Waals surface area contributed by atoms with Crippen molar-refractivity contribution < 1.29 is 12.8 Å². The Morgan fingerprint density at radius 3 is 2.29 bits per heavy atom. The zero-order valence-electron chi connectivity index (χ0n) is 16.1. The monoisotopic (exact) mass is 519 g/mol. The van der Waals surface area contributed by atoms with Gasteiger partial charge in [-0.25, -0.2) is 12.8 Å². The lowest BCUT2D eigenvalue weighted by Crippen LogP contribution is -2.38. The molecule has 2 rings (SSSR count). The van der Waals surface area contributed by atoms with Gasteiger partial charge in [0.2, 0.25) is 0 Å². The molecule has 5 nitrogen and oxygen atoms in total. The van der Waals surface area contributed by atoms with Crippen LogP contribution in [0.15, 0.2) is 58.4 Å². The Morgan fingerprint density at radius 2 is 1.68 bits per heavy atom. The molecule has 0 saturated carbocycles. The van der Waals surface area contributed by atoms with Crippen LogP contribution in [0.1, 0.15) is 17.5 Å². The van der Waals surface area contributed by atoms with E-state index in [1.807, 2.05) is 18.2 Å². The van der Waals surface area contributed by atoms with Crippen molar-refractivity contribution in [1.29, 1.82) is 0 Å². The summed E-state index contributed by atoms with van der Waals surface area (Å²) in [6.45, 7) is 1.42. The average Bonchev–Trinajstić information content (AvgIpc) is 2.63. The van der Waals surface area contributed by atoms with E-state index in [9.17, 15) is 12.8 Å². The molecule has 28 heavy (non-hydrogen) atoms. The molecule has 0 amide bonds. The predicted molar refractivity (Wildman–Crippen MR) is 123 cm³/mol. The van der Waals surface area contributed by atoms with Gasteiger partial charge in [-0.1, -0.05) is 24.3 Å². The van der Waals surface area contributed by atoms with Crippen LogP contribution in [0.4, 0.5) is 4.39 Å². The molecule has 0 unspecified atom stereocenters. The lowest BCUT2D eigenvalue weighted by Gasteiger charge is -2.12. The van der Waals surface area contributed by atoms with Crippen LogP contribution in [0.5, 0.6) is 0 Å². The van der Waals surface area contributed by atoms with Gasteiger partial charge in [0, 0.05) is 26.4 Å². The van der Waals surface area contributed by atoms with E-state index in [4.69, 9.17) is 0 Å². The predicted octanol–water partition coefficient (Wildman–Crippen LogP) is 3.19. The fourth-order valence-corrected chi connectivity index (χ4v) is 3.27. The Morgan fingerprint density at radius 1 is 1.00 bits per heavy atom. The topological polar surface area (TPSA) is 70.6 Å². The molecular weight excluding hydrogens is 492 g/mol. The molecular formula is C20H27FIN3O2S. The summed E-state index contributed by atoms with van der Waals surface area (Å²) in [6.07, 6.45) is 3.63. The second-order valence-electron chi connectivity index (χ2n) is 6.33. The maximum atomic E-state index is 13.1. The molecule has 0 aliphatic heterocycles. The number of guanidine groups is 1. The zero-order chi connectivity index (χ0) is 19.7. The van der Waals surface area contributed by atoms with Crippen LogP contribution in [0.2, 0.25) is 0 Å². The molecule has 2 N–H and O–H groups in total. The summed E-state index contributed by atoms with van der Waals surface area (Å²) in [5, 5.41) is 6.47. The molecule has 0 heterocycles. The molecule has 2 aromatic rings. The van der Waals surface area contributed by atoms with E-state index in [1.165, 1.54) is 12.3 Å². The maximum Gasteiger partial charge on any atom is 0.190 e. The van der Waals surface area contributed by atoms with E-state index >= 15 is 0 Å². The number of hydrogen-bond donors (Lipinski definition) is 2. The van der Waals surface area contributed by atoms with Crippen molar-refractivity contribution in [2.45, 2.75) is 24.2 Å². The van der Waals surface area contributed by atoms with Gasteiger partial charge < -0.3 is 10.6 Å². The number of aliphatic imine (C=N–C) groups is 1. The minimum absolute atomic E-state index is 0. The van der Waals surface area contributed by atoms with Gasteiger partial charge >= 0.3 is 0 Å². The third-order valence-electron chi connectivity index (χ3n) is 4.10. The van der Waals surface area contributed by atoms with Crippen LogP contribution in [0, 0.1) is 5.82 Å². The Balaban J connectivity index is 0.00000392. The van der Waals surface area contributed by atoms with Gasteiger partial charge in [-0.3, -0.25) is 4.99 Å². The van der Waals surface area contributed by atoms with E-state index < -0.39 is 9.84 Å². The van der Waals surface area contributed by atoms with Gasteiger partial charge in [-0.15, -0.1) is 24.0 Å². The smallest absolute Gasteiger partial charge is 0.190 e. The molecule has 0 aliphatic carbocycles. The van der Waals surface area contributed by atoms with Crippen molar-refractivity contribution in [1.82, 2.24) is 10.6 Å². The number of nitrogens with one attached hydrogen (secondary N) is 2. The summed E-state index contributed by atoms with van der Waals surface area (Å²) in [7, 11) is -1.45. The summed E-state index contributed by atoms with van der Waals surface area (Å²) < 4.78 is 36.1. The van der Waals surface area contributed by atoms with Crippen LogP contribution < -0.4 is 10.6 Å². The summed E-state index contributed by atoms with van der Waals surface area (Å²) in [6, 6.07) is 13.6. The molecule has 8 heteroatoms. The van der Waals surface area contributed by atoms with Crippen molar-refractivity contribution in [2.75, 3.05) is 26.4 Å². The second kappa shape index (κ2) is 12.0. The molecule has 154 valence electrons. The van der Waals surface area contributed by atoms with Gasteiger partial charge in [0.15, 0.2) is 15.8 Å². The number of rotatable bonds is 8. The Bertz CT molecular complexity index is 871. The van der Waals surface area contributed by atoms with Gasteiger partial charge in [-0.2, -0.15) is 0 Å². The first-order chi connectivity index (χ1) is 12.9. The van der Waals surface area contributed by atoms with Crippen molar-refractivity contribution in [2.24, 2.45) is 4.99 Å². The standard InChI is InChI=1S/C20H26FN3O2S.HI/c1-22-20(23-13-4-6-17-5-3-7-18(21)15-17)24-14-12-16-8-10-19(11-9-16)27(2,25)26;/h3,5,7-11,15H,4,6,12-14H2,1-2H3,(H2,22,23,24);1H. The van der Waals surface area contributed by atoms with E-state index in [0.29, 0.717) is 17.4 Å². The third kappa shape index (κ3) is 8.55. The first kappa shape index (κ1) is 24.4. The fraction of sp³-hybridized carbons (Fsp3) is 0.350. The van der Waals surface area contributed by atoms with Crippen LogP contribution in [0.25, 0.3) is 0 Å². The van der Waals surface area contributed by atoms with Crippen LogP contribution in [0.3, 0.4) is 0 Å². The summed E-state index contributed by atoms with van der Waals surface area (Å²) in [5.74, 6) is 0.504. The van der Waals surface area contributed by atoms with Gasteiger partial charge in [0.1, 0.15) is 5.82 Å². The van der Waals surface area contributed by atoms with Crippen LogP contribution in [-0.4, -0.2) is 40.8 Å². The molecule has 0 aliphatic rings. The van der Waals surface area contributed by atoms with Crippen molar-refractivity contribution in [3.63, 3.8) is 0 Å². The molecule has 0 saturated heterocycles.